The van der Waals surface area contributed by atoms with E-state index < -0.39 is 0 Å². The van der Waals surface area contributed by atoms with Crippen molar-refractivity contribution in [1.82, 2.24) is 15.1 Å². The number of fused-ring (bicyclic) bond motifs is 1. The zero-order chi connectivity index (χ0) is 23.4. The van der Waals surface area contributed by atoms with Crippen molar-refractivity contribution < 1.29 is 23.9 Å². The predicted molar refractivity (Wildman–Crippen MR) is 121 cm³/mol. The molecule has 8 heteroatoms. The summed E-state index contributed by atoms with van der Waals surface area (Å²) in [5, 5.41) is 3.03. The topological polar surface area (TPSA) is 96.0 Å². The summed E-state index contributed by atoms with van der Waals surface area (Å²) in [5.74, 6) is -0.996. The minimum absolute atomic E-state index is 0.00151. The number of carbonyl (C=O) groups excluding carboxylic acids is 4. The lowest BCUT2D eigenvalue weighted by molar-refractivity contribution is 0.0637. The average Bonchev–Trinajstić information content (AvgIpc) is 3.09. The zero-order valence-corrected chi connectivity index (χ0v) is 18.6. The van der Waals surface area contributed by atoms with Gasteiger partial charge in [0, 0.05) is 50.5 Å². The Labute approximate surface area is 192 Å². The number of methoxy groups -OCH3 is 1. The van der Waals surface area contributed by atoms with Crippen LogP contribution in [-0.2, 0) is 4.74 Å². The van der Waals surface area contributed by atoms with Crippen molar-refractivity contribution in [2.75, 3.05) is 33.4 Å². The van der Waals surface area contributed by atoms with E-state index in [1.165, 1.54) is 11.0 Å². The number of likely N-dealkylation sites (tertiary alicyclic amines) is 1. The fourth-order valence-corrected chi connectivity index (χ4v) is 4.26. The van der Waals surface area contributed by atoms with Crippen molar-refractivity contribution in [3.05, 3.63) is 70.8 Å². The Morgan fingerprint density at radius 1 is 0.970 bits per heavy atom. The number of benzene rings is 2. The molecule has 2 aromatic rings. The van der Waals surface area contributed by atoms with Crippen LogP contribution in [-0.4, -0.2) is 72.8 Å². The summed E-state index contributed by atoms with van der Waals surface area (Å²) in [6, 6.07) is 13.7. The first-order chi connectivity index (χ1) is 16.0. The summed E-state index contributed by atoms with van der Waals surface area (Å²) < 4.78 is 5.00. The van der Waals surface area contributed by atoms with Crippen molar-refractivity contribution in [2.24, 2.45) is 0 Å². The van der Waals surface area contributed by atoms with E-state index in [2.05, 4.69) is 5.32 Å². The first kappa shape index (κ1) is 22.7. The maximum atomic E-state index is 13.0. The number of piperidine rings is 1. The number of hydrogen-bond acceptors (Lipinski definition) is 5. The van der Waals surface area contributed by atoms with Crippen molar-refractivity contribution >= 4 is 23.6 Å². The molecule has 8 nitrogen and oxygen atoms in total. The molecule has 2 aliphatic heterocycles. The lowest BCUT2D eigenvalue weighted by Gasteiger charge is -2.32. The number of nitrogens with one attached hydrogen (secondary N) is 1. The molecule has 0 spiro atoms. The second-order valence-corrected chi connectivity index (χ2v) is 8.27. The number of hydrogen-bond donors (Lipinski definition) is 1. The highest BCUT2D eigenvalue weighted by Crippen LogP contribution is 2.25. The fourth-order valence-electron chi connectivity index (χ4n) is 4.26. The van der Waals surface area contributed by atoms with Crippen molar-refractivity contribution in [2.45, 2.75) is 25.3 Å². The number of carbonyl (C=O) groups is 4. The second-order valence-electron chi connectivity index (χ2n) is 8.27. The van der Waals surface area contributed by atoms with E-state index in [0.717, 1.165) is 0 Å². The maximum absolute atomic E-state index is 13.0. The van der Waals surface area contributed by atoms with E-state index in [1.807, 2.05) is 18.2 Å². The summed E-state index contributed by atoms with van der Waals surface area (Å²) in [6.07, 6.45) is 1.86. The molecule has 2 heterocycles. The first-order valence-corrected chi connectivity index (χ1v) is 11.1. The van der Waals surface area contributed by atoms with Crippen LogP contribution in [0.2, 0.25) is 0 Å². The van der Waals surface area contributed by atoms with Gasteiger partial charge in [-0.2, -0.15) is 0 Å². The molecule has 0 aliphatic carbocycles. The number of rotatable bonds is 7. The van der Waals surface area contributed by atoms with Gasteiger partial charge in [0.05, 0.1) is 11.1 Å². The Morgan fingerprint density at radius 2 is 1.67 bits per heavy atom. The molecule has 0 saturated carbocycles. The molecule has 1 fully saturated rings. The third-order valence-corrected chi connectivity index (χ3v) is 6.10. The summed E-state index contributed by atoms with van der Waals surface area (Å²) in [4.78, 5) is 53.6. The molecule has 0 atom stereocenters. The van der Waals surface area contributed by atoms with Gasteiger partial charge in [0.1, 0.15) is 0 Å². The van der Waals surface area contributed by atoms with E-state index in [0.29, 0.717) is 55.6 Å². The van der Waals surface area contributed by atoms with E-state index in [4.69, 9.17) is 4.74 Å². The Bertz CT molecular complexity index is 1060. The molecule has 2 aromatic carbocycles. The Morgan fingerprint density at radius 3 is 2.36 bits per heavy atom. The quantitative estimate of drug-likeness (QED) is 0.517. The standard InChI is InChI=1S/C25H27N3O5/c1-33-15-5-12-28-24(31)20-9-8-18(16-21(20)25(28)32)23(30)27-13-10-19(11-14-27)26-22(29)17-6-3-2-4-7-17/h2-4,6-9,16,19H,5,10-15H2,1H3,(H,26,29). The van der Waals surface area contributed by atoms with Gasteiger partial charge in [-0.1, -0.05) is 18.2 Å². The SMILES string of the molecule is COCCCN1C(=O)c2ccc(C(=O)N3CCC(NC(=O)c4ccccc4)CC3)cc2C1=O. The summed E-state index contributed by atoms with van der Waals surface area (Å²) >= 11 is 0. The van der Waals surface area contributed by atoms with E-state index in [9.17, 15) is 19.2 Å². The Kier molecular flexibility index (Phi) is 6.84. The second kappa shape index (κ2) is 9.95. The minimum atomic E-state index is -0.372. The predicted octanol–water partition coefficient (Wildman–Crippen LogP) is 2.35. The van der Waals surface area contributed by atoms with Gasteiger partial charge in [0.15, 0.2) is 0 Å². The van der Waals surface area contributed by atoms with Crippen LogP contribution in [0, 0.1) is 0 Å². The van der Waals surface area contributed by atoms with Gasteiger partial charge in [0.2, 0.25) is 0 Å². The van der Waals surface area contributed by atoms with Crippen molar-refractivity contribution in [3.63, 3.8) is 0 Å². The summed E-state index contributed by atoms with van der Waals surface area (Å²) in [7, 11) is 1.57. The molecule has 0 aromatic heterocycles. The molecule has 0 unspecified atom stereocenters. The molecule has 4 amide bonds. The van der Waals surface area contributed by atoms with Crippen LogP contribution >= 0.6 is 0 Å². The third kappa shape index (κ3) is 4.80. The zero-order valence-electron chi connectivity index (χ0n) is 18.6. The van der Waals surface area contributed by atoms with Crippen LogP contribution in [0.1, 0.15) is 60.7 Å². The number of imide groups is 1. The molecule has 0 bridgehead atoms. The lowest BCUT2D eigenvalue weighted by Crippen LogP contribution is -2.46. The van der Waals surface area contributed by atoms with Gasteiger partial charge in [-0.05, 0) is 49.6 Å². The molecule has 1 N–H and O–H groups in total. The Hall–Kier alpha value is -3.52. The normalized spacial score (nSPS) is 16.2. The molecule has 2 aliphatic rings. The number of amides is 4. The summed E-state index contributed by atoms with van der Waals surface area (Å²) in [5.41, 5.74) is 1.61. The van der Waals surface area contributed by atoms with Gasteiger partial charge in [-0.3, -0.25) is 24.1 Å². The Balaban J connectivity index is 1.36. The first-order valence-electron chi connectivity index (χ1n) is 11.1. The monoisotopic (exact) mass is 449 g/mol. The molecule has 0 radical (unpaired) electrons. The number of nitrogens with zero attached hydrogens (tertiary/aromatic N) is 2. The van der Waals surface area contributed by atoms with Crippen LogP contribution in [0.3, 0.4) is 0 Å². The maximum Gasteiger partial charge on any atom is 0.261 e. The lowest BCUT2D eigenvalue weighted by atomic mass is 10.0. The van der Waals surface area contributed by atoms with Crippen LogP contribution < -0.4 is 5.32 Å². The molecule has 1 saturated heterocycles. The molecular formula is C25H27N3O5. The van der Waals surface area contributed by atoms with E-state index >= 15 is 0 Å². The molecule has 172 valence electrons. The van der Waals surface area contributed by atoms with Crippen LogP contribution in [0.25, 0.3) is 0 Å². The van der Waals surface area contributed by atoms with Crippen molar-refractivity contribution in [1.29, 1.82) is 0 Å². The largest absolute Gasteiger partial charge is 0.385 e. The van der Waals surface area contributed by atoms with Gasteiger partial charge in [-0.25, -0.2) is 0 Å². The van der Waals surface area contributed by atoms with Crippen LogP contribution in [0.15, 0.2) is 48.5 Å². The summed E-state index contributed by atoms with van der Waals surface area (Å²) in [6.45, 7) is 1.75. The smallest absolute Gasteiger partial charge is 0.261 e. The highest BCUT2D eigenvalue weighted by Gasteiger charge is 2.36. The molecule has 4 rings (SSSR count). The van der Waals surface area contributed by atoms with Crippen molar-refractivity contribution in [3.8, 4) is 0 Å². The fraction of sp³-hybridized carbons (Fsp3) is 0.360. The van der Waals surface area contributed by atoms with Gasteiger partial charge < -0.3 is 15.0 Å². The third-order valence-electron chi connectivity index (χ3n) is 6.10. The highest BCUT2D eigenvalue weighted by atomic mass is 16.5. The average molecular weight is 450 g/mol. The molecular weight excluding hydrogens is 422 g/mol. The van der Waals surface area contributed by atoms with E-state index in [-0.39, 0.29) is 41.8 Å². The molecule has 33 heavy (non-hydrogen) atoms. The van der Waals surface area contributed by atoms with E-state index in [1.54, 1.807) is 36.3 Å². The van der Waals surface area contributed by atoms with Gasteiger partial charge in [-0.15, -0.1) is 0 Å². The minimum Gasteiger partial charge on any atom is -0.385 e. The highest BCUT2D eigenvalue weighted by molar-refractivity contribution is 6.22. The van der Waals surface area contributed by atoms with Gasteiger partial charge in [0.25, 0.3) is 23.6 Å². The number of ether oxygens (including phenoxy) is 1. The van der Waals surface area contributed by atoms with Crippen LogP contribution in [0.5, 0.6) is 0 Å². The van der Waals surface area contributed by atoms with Gasteiger partial charge >= 0.3 is 0 Å². The van der Waals surface area contributed by atoms with Crippen LogP contribution in [0.4, 0.5) is 0 Å².